The minimum atomic E-state index is 0.361. The molecule has 6 heteroatoms. The molecule has 0 saturated carbocycles. The number of nitrogens with one attached hydrogen (secondary N) is 2. The summed E-state index contributed by atoms with van der Waals surface area (Å²) in [4.78, 5) is 0. The largest absolute Gasteiger partial charge is 0.376 e. The van der Waals surface area contributed by atoms with Crippen molar-refractivity contribution in [3.8, 4) is 0 Å². The Kier molecular flexibility index (Phi) is 4.63. The van der Waals surface area contributed by atoms with Gasteiger partial charge in [0.15, 0.2) is 5.11 Å². The summed E-state index contributed by atoms with van der Waals surface area (Å²) in [6, 6.07) is 1.97. The van der Waals surface area contributed by atoms with Gasteiger partial charge in [0.25, 0.3) is 0 Å². The number of rotatable bonds is 5. The van der Waals surface area contributed by atoms with E-state index < -0.39 is 0 Å². The number of thiocarbonyl (C=S) groups is 1. The molecule has 1 aromatic heterocycles. The van der Waals surface area contributed by atoms with E-state index in [1.807, 2.05) is 12.3 Å². The fourth-order valence-corrected chi connectivity index (χ4v) is 1.66. The van der Waals surface area contributed by atoms with E-state index in [1.165, 1.54) is 0 Å². The van der Waals surface area contributed by atoms with Crippen molar-refractivity contribution in [2.24, 2.45) is 5.73 Å². The maximum atomic E-state index is 5.26. The lowest BCUT2D eigenvalue weighted by molar-refractivity contribution is 0.980. The first-order valence-electron chi connectivity index (χ1n) is 3.89. The fraction of sp³-hybridized carbons (Fsp3) is 0.429. The van der Waals surface area contributed by atoms with Gasteiger partial charge in [0, 0.05) is 24.2 Å². The molecule has 0 spiro atoms. The average Bonchev–Trinajstić information content (AvgIpc) is 2.55. The molecule has 0 unspecified atom stereocenters. The highest BCUT2D eigenvalue weighted by molar-refractivity contribution is 7.98. The zero-order valence-corrected chi connectivity index (χ0v) is 8.75. The highest BCUT2D eigenvalue weighted by Gasteiger charge is 1.94. The van der Waals surface area contributed by atoms with Crippen LogP contribution < -0.4 is 11.1 Å². The summed E-state index contributed by atoms with van der Waals surface area (Å²) >= 11 is 6.46. The van der Waals surface area contributed by atoms with E-state index in [0.29, 0.717) is 5.11 Å². The van der Waals surface area contributed by atoms with E-state index in [9.17, 15) is 0 Å². The van der Waals surface area contributed by atoms with E-state index in [2.05, 4.69) is 27.7 Å². The Morgan fingerprint density at radius 1 is 1.77 bits per heavy atom. The normalized spacial score (nSPS) is 9.85. The smallest absolute Gasteiger partial charge is 0.163 e. The molecule has 0 aliphatic rings. The van der Waals surface area contributed by atoms with E-state index in [4.69, 9.17) is 5.73 Å². The summed E-state index contributed by atoms with van der Waals surface area (Å²) in [5.41, 5.74) is 6.33. The van der Waals surface area contributed by atoms with Gasteiger partial charge in [0.1, 0.15) is 0 Å². The summed E-state index contributed by atoms with van der Waals surface area (Å²) in [5.74, 6) is 1.90. The van der Waals surface area contributed by atoms with E-state index in [1.54, 1.807) is 11.8 Å². The van der Waals surface area contributed by atoms with Crippen molar-refractivity contribution in [1.29, 1.82) is 0 Å². The zero-order valence-electron chi connectivity index (χ0n) is 7.12. The number of H-pyrrole nitrogens is 1. The molecule has 13 heavy (non-hydrogen) atoms. The standard InChI is InChI=1S/C7H12N4S2/c8-7(12)9-3-4-13-5-6-1-2-10-11-6/h1-2H,3-5H2,(H,10,11)(H3,8,9,12). The molecule has 4 N–H and O–H groups in total. The molecule has 0 atom stereocenters. The first kappa shape index (κ1) is 10.3. The maximum absolute atomic E-state index is 5.26. The van der Waals surface area contributed by atoms with Gasteiger partial charge in [-0.3, -0.25) is 5.10 Å². The number of aromatic amines is 1. The predicted molar refractivity (Wildman–Crippen MR) is 59.5 cm³/mol. The van der Waals surface area contributed by atoms with Gasteiger partial charge in [0.2, 0.25) is 0 Å². The van der Waals surface area contributed by atoms with Gasteiger partial charge in [-0.25, -0.2) is 0 Å². The molecule has 1 heterocycles. The first-order chi connectivity index (χ1) is 6.29. The molecule has 0 saturated heterocycles. The molecule has 1 aromatic rings. The summed E-state index contributed by atoms with van der Waals surface area (Å²) in [5, 5.41) is 10.0. The quantitative estimate of drug-likeness (QED) is 0.493. The summed E-state index contributed by atoms with van der Waals surface area (Å²) < 4.78 is 0. The molecule has 0 aliphatic heterocycles. The van der Waals surface area contributed by atoms with Gasteiger partial charge in [-0.05, 0) is 18.3 Å². The lowest BCUT2D eigenvalue weighted by Crippen LogP contribution is -2.30. The lowest BCUT2D eigenvalue weighted by Gasteiger charge is -2.01. The summed E-state index contributed by atoms with van der Waals surface area (Å²) in [7, 11) is 0. The van der Waals surface area contributed by atoms with Crippen molar-refractivity contribution in [3.05, 3.63) is 18.0 Å². The average molecular weight is 216 g/mol. The van der Waals surface area contributed by atoms with Crippen LogP contribution in [0.5, 0.6) is 0 Å². The Labute approximate surface area is 86.7 Å². The predicted octanol–water partition coefficient (Wildman–Crippen LogP) is 0.476. The number of nitrogens with zero attached hydrogens (tertiary/aromatic N) is 1. The molecule has 0 amide bonds. The second-order valence-corrected chi connectivity index (χ2v) is 3.95. The van der Waals surface area contributed by atoms with Crippen molar-refractivity contribution >= 4 is 29.1 Å². The van der Waals surface area contributed by atoms with Crippen LogP contribution in [0.3, 0.4) is 0 Å². The van der Waals surface area contributed by atoms with Crippen LogP contribution in [0.15, 0.2) is 12.3 Å². The molecular formula is C7H12N4S2. The van der Waals surface area contributed by atoms with Crippen LogP contribution in [0.1, 0.15) is 5.69 Å². The number of hydrogen-bond donors (Lipinski definition) is 3. The Morgan fingerprint density at radius 2 is 2.62 bits per heavy atom. The maximum Gasteiger partial charge on any atom is 0.163 e. The van der Waals surface area contributed by atoms with E-state index in [0.717, 1.165) is 23.7 Å². The molecular weight excluding hydrogens is 204 g/mol. The van der Waals surface area contributed by atoms with E-state index in [-0.39, 0.29) is 0 Å². The van der Waals surface area contributed by atoms with Crippen LogP contribution in [0.2, 0.25) is 0 Å². The lowest BCUT2D eigenvalue weighted by atomic mass is 10.5. The number of aromatic nitrogens is 2. The fourth-order valence-electron chi connectivity index (χ4n) is 0.794. The van der Waals surface area contributed by atoms with Crippen LogP contribution in [0, 0.1) is 0 Å². The van der Waals surface area contributed by atoms with Crippen molar-refractivity contribution in [2.45, 2.75) is 5.75 Å². The molecule has 0 radical (unpaired) electrons. The van der Waals surface area contributed by atoms with Crippen molar-refractivity contribution < 1.29 is 0 Å². The number of nitrogens with two attached hydrogens (primary N) is 1. The SMILES string of the molecule is NC(=S)NCCSCc1cc[nH]n1. The third-order valence-corrected chi connectivity index (χ3v) is 2.49. The van der Waals surface area contributed by atoms with Gasteiger partial charge >= 0.3 is 0 Å². The Balaban J connectivity index is 1.99. The molecule has 72 valence electrons. The van der Waals surface area contributed by atoms with Crippen LogP contribution in [0.25, 0.3) is 0 Å². The molecule has 4 nitrogen and oxygen atoms in total. The van der Waals surface area contributed by atoms with Gasteiger partial charge in [-0.15, -0.1) is 0 Å². The van der Waals surface area contributed by atoms with Gasteiger partial charge < -0.3 is 11.1 Å². The van der Waals surface area contributed by atoms with E-state index >= 15 is 0 Å². The third-order valence-electron chi connectivity index (χ3n) is 1.35. The van der Waals surface area contributed by atoms with Crippen molar-refractivity contribution in [1.82, 2.24) is 15.5 Å². The van der Waals surface area contributed by atoms with Gasteiger partial charge in [0.05, 0.1) is 5.69 Å². The molecule has 0 aliphatic carbocycles. The molecule has 0 bridgehead atoms. The monoisotopic (exact) mass is 216 g/mol. The first-order valence-corrected chi connectivity index (χ1v) is 5.45. The minimum Gasteiger partial charge on any atom is -0.376 e. The van der Waals surface area contributed by atoms with Crippen LogP contribution in [-0.4, -0.2) is 27.6 Å². The van der Waals surface area contributed by atoms with Crippen LogP contribution in [-0.2, 0) is 5.75 Å². The second-order valence-electron chi connectivity index (χ2n) is 2.41. The second kappa shape index (κ2) is 5.82. The number of hydrogen-bond acceptors (Lipinski definition) is 3. The Morgan fingerprint density at radius 3 is 3.23 bits per heavy atom. The summed E-state index contributed by atoms with van der Waals surface area (Å²) in [6.45, 7) is 0.810. The Bertz CT molecular complexity index is 247. The minimum absolute atomic E-state index is 0.361. The third kappa shape index (κ3) is 4.74. The van der Waals surface area contributed by atoms with Crippen LogP contribution >= 0.6 is 24.0 Å². The van der Waals surface area contributed by atoms with Crippen molar-refractivity contribution in [3.63, 3.8) is 0 Å². The van der Waals surface area contributed by atoms with Gasteiger partial charge in [-0.2, -0.15) is 16.9 Å². The van der Waals surface area contributed by atoms with Crippen LogP contribution in [0.4, 0.5) is 0 Å². The topological polar surface area (TPSA) is 66.7 Å². The Hall–Kier alpha value is -0.750. The molecule has 1 rings (SSSR count). The van der Waals surface area contributed by atoms with Crippen molar-refractivity contribution in [2.75, 3.05) is 12.3 Å². The number of thioether (sulfide) groups is 1. The molecule has 0 aromatic carbocycles. The highest BCUT2D eigenvalue weighted by Crippen LogP contribution is 2.07. The highest BCUT2D eigenvalue weighted by atomic mass is 32.2. The summed E-state index contributed by atoms with van der Waals surface area (Å²) in [6.07, 6.45) is 1.82. The zero-order chi connectivity index (χ0) is 9.52. The molecule has 0 fully saturated rings. The van der Waals surface area contributed by atoms with Gasteiger partial charge in [-0.1, -0.05) is 0 Å².